The van der Waals surface area contributed by atoms with Crippen LogP contribution < -0.4 is 10.2 Å². The minimum absolute atomic E-state index is 0.00711. The summed E-state index contributed by atoms with van der Waals surface area (Å²) in [6.07, 6.45) is 0. The van der Waals surface area contributed by atoms with Gasteiger partial charge in [0.2, 0.25) is 0 Å². The molecule has 2 aromatic rings. The zero-order valence-corrected chi connectivity index (χ0v) is 13.0. The number of hydrogen-bond donors (Lipinski definition) is 2. The van der Waals surface area contributed by atoms with Gasteiger partial charge in [-0.05, 0) is 24.6 Å². The predicted octanol–water partition coefficient (Wildman–Crippen LogP) is 1.72. The molecule has 0 aromatic heterocycles. The zero-order valence-electron chi connectivity index (χ0n) is 13.0. The number of hydrogen-bond acceptors (Lipinski definition) is 1. The van der Waals surface area contributed by atoms with Crippen molar-refractivity contribution in [3.63, 3.8) is 0 Å². The van der Waals surface area contributed by atoms with Gasteiger partial charge in [-0.25, -0.2) is 4.39 Å². The average Bonchev–Trinajstić information content (AvgIpc) is 2.50. The first-order valence-corrected chi connectivity index (χ1v) is 7.44. The molecule has 0 aliphatic carbocycles. The van der Waals surface area contributed by atoms with Gasteiger partial charge in [-0.2, -0.15) is 0 Å². The fourth-order valence-corrected chi connectivity index (χ4v) is 2.40. The molecule has 0 radical (unpaired) electrons. The number of likely N-dealkylation sites (N-methyl/N-ethyl adjacent to an activating group) is 1. The molecule has 0 spiro atoms. The summed E-state index contributed by atoms with van der Waals surface area (Å²) >= 11 is 0. The highest BCUT2D eigenvalue weighted by molar-refractivity contribution is 5.77. The fraction of sp³-hybridized carbons (Fsp3) is 0.278. The van der Waals surface area contributed by atoms with Gasteiger partial charge < -0.3 is 10.2 Å². The van der Waals surface area contributed by atoms with Crippen LogP contribution >= 0.6 is 0 Å². The second-order valence-corrected chi connectivity index (χ2v) is 5.64. The van der Waals surface area contributed by atoms with E-state index < -0.39 is 0 Å². The molecule has 1 unspecified atom stereocenters. The Labute approximate surface area is 130 Å². The monoisotopic (exact) mass is 301 g/mol. The number of halogens is 1. The first-order chi connectivity index (χ1) is 10.5. The first kappa shape index (κ1) is 16.2. The number of nitrogens with one attached hydrogen (secondary N) is 2. The zero-order chi connectivity index (χ0) is 15.9. The average molecular weight is 301 g/mol. The Kier molecular flexibility index (Phi) is 5.67. The summed E-state index contributed by atoms with van der Waals surface area (Å²) in [5.41, 5.74) is 2.11. The Morgan fingerprint density at radius 3 is 2.41 bits per heavy atom. The maximum absolute atomic E-state index is 12.9. The molecule has 0 fully saturated rings. The molecular formula is C18H22FN2O+. The molecule has 2 aromatic carbocycles. The number of carbonyl (C=O) groups excluding carboxylic acids is 1. The Balaban J connectivity index is 1.82. The van der Waals surface area contributed by atoms with Crippen molar-refractivity contribution in [1.29, 1.82) is 0 Å². The Hall–Kier alpha value is -2.20. The second kappa shape index (κ2) is 7.71. The molecule has 4 heteroatoms. The molecule has 2 rings (SSSR count). The van der Waals surface area contributed by atoms with Gasteiger partial charge in [-0.1, -0.05) is 42.5 Å². The van der Waals surface area contributed by atoms with Crippen molar-refractivity contribution in [3.05, 3.63) is 71.5 Å². The van der Waals surface area contributed by atoms with E-state index in [1.807, 2.05) is 44.3 Å². The van der Waals surface area contributed by atoms with Crippen LogP contribution in [0.5, 0.6) is 0 Å². The minimum Gasteiger partial charge on any atom is -0.345 e. The quantitative estimate of drug-likeness (QED) is 0.837. The molecule has 0 bridgehead atoms. The molecule has 22 heavy (non-hydrogen) atoms. The molecule has 0 saturated heterocycles. The normalized spacial score (nSPS) is 13.4. The lowest BCUT2D eigenvalue weighted by Crippen LogP contribution is -3.08. The van der Waals surface area contributed by atoms with E-state index in [4.69, 9.17) is 0 Å². The van der Waals surface area contributed by atoms with E-state index in [0.717, 1.165) is 16.0 Å². The van der Waals surface area contributed by atoms with Crippen molar-refractivity contribution in [2.24, 2.45) is 0 Å². The first-order valence-electron chi connectivity index (χ1n) is 7.44. The summed E-state index contributed by atoms with van der Waals surface area (Å²) in [4.78, 5) is 13.1. The number of amides is 1. The third kappa shape index (κ3) is 4.97. The van der Waals surface area contributed by atoms with Crippen LogP contribution in [-0.4, -0.2) is 19.5 Å². The molecule has 0 saturated carbocycles. The molecule has 2 atom stereocenters. The van der Waals surface area contributed by atoms with Crippen molar-refractivity contribution in [2.75, 3.05) is 13.6 Å². The summed E-state index contributed by atoms with van der Waals surface area (Å²) in [5.74, 6) is -0.230. The van der Waals surface area contributed by atoms with Gasteiger partial charge in [-0.3, -0.25) is 4.79 Å². The smallest absolute Gasteiger partial charge is 0.275 e. The number of benzene rings is 2. The van der Waals surface area contributed by atoms with Crippen molar-refractivity contribution in [3.8, 4) is 0 Å². The largest absolute Gasteiger partial charge is 0.345 e. The maximum Gasteiger partial charge on any atom is 0.275 e. The summed E-state index contributed by atoms with van der Waals surface area (Å²) in [6, 6.07) is 16.3. The Morgan fingerprint density at radius 1 is 1.14 bits per heavy atom. The van der Waals surface area contributed by atoms with Crippen LogP contribution in [0, 0.1) is 5.82 Å². The predicted molar refractivity (Wildman–Crippen MR) is 84.9 cm³/mol. The summed E-state index contributed by atoms with van der Waals surface area (Å²) in [6.45, 7) is 3.05. The van der Waals surface area contributed by atoms with Crippen molar-refractivity contribution in [2.45, 2.75) is 19.5 Å². The molecule has 3 nitrogen and oxygen atoms in total. The van der Waals surface area contributed by atoms with Crippen LogP contribution in [0.3, 0.4) is 0 Å². The van der Waals surface area contributed by atoms with Crippen LogP contribution in [0.1, 0.15) is 24.1 Å². The molecule has 2 N–H and O–H groups in total. The second-order valence-electron chi connectivity index (χ2n) is 5.64. The van der Waals surface area contributed by atoms with Gasteiger partial charge >= 0.3 is 0 Å². The highest BCUT2D eigenvalue weighted by Crippen LogP contribution is 2.10. The van der Waals surface area contributed by atoms with Crippen LogP contribution in [0.4, 0.5) is 4.39 Å². The molecule has 0 aliphatic heterocycles. The Morgan fingerprint density at radius 2 is 1.77 bits per heavy atom. The van der Waals surface area contributed by atoms with Crippen molar-refractivity contribution < 1.29 is 14.1 Å². The van der Waals surface area contributed by atoms with Gasteiger partial charge in [0.25, 0.3) is 5.91 Å². The van der Waals surface area contributed by atoms with Gasteiger partial charge in [0.05, 0.1) is 13.1 Å². The highest BCUT2D eigenvalue weighted by Gasteiger charge is 2.14. The minimum atomic E-state index is -0.240. The number of rotatable bonds is 6. The van der Waals surface area contributed by atoms with E-state index in [1.54, 1.807) is 12.1 Å². The Bertz CT molecular complexity index is 598. The van der Waals surface area contributed by atoms with Crippen LogP contribution in [-0.2, 0) is 11.3 Å². The lowest BCUT2D eigenvalue weighted by atomic mass is 10.1. The molecule has 0 heterocycles. The van der Waals surface area contributed by atoms with E-state index in [1.165, 1.54) is 12.1 Å². The van der Waals surface area contributed by atoms with Gasteiger partial charge in [0, 0.05) is 5.56 Å². The van der Waals surface area contributed by atoms with E-state index >= 15 is 0 Å². The summed E-state index contributed by atoms with van der Waals surface area (Å²) in [5, 5.41) is 3.00. The van der Waals surface area contributed by atoms with Gasteiger partial charge in [-0.15, -0.1) is 0 Å². The standard InChI is InChI=1S/C18H21FN2O/c1-14(16-6-4-3-5-7-16)20-18(22)13-21(2)12-15-8-10-17(19)11-9-15/h3-11,14H,12-13H2,1-2H3,(H,20,22)/p+1/t14-/m0/s1. The fourth-order valence-electron chi connectivity index (χ4n) is 2.40. The number of carbonyl (C=O) groups is 1. The van der Waals surface area contributed by atoms with Crippen molar-refractivity contribution in [1.82, 2.24) is 5.32 Å². The third-order valence-electron chi connectivity index (χ3n) is 3.56. The lowest BCUT2D eigenvalue weighted by molar-refractivity contribution is -0.885. The van der Waals surface area contributed by atoms with Crippen LogP contribution in [0.15, 0.2) is 54.6 Å². The molecule has 116 valence electrons. The van der Waals surface area contributed by atoms with E-state index in [-0.39, 0.29) is 17.8 Å². The summed E-state index contributed by atoms with van der Waals surface area (Å²) < 4.78 is 12.9. The van der Waals surface area contributed by atoms with Crippen LogP contribution in [0.25, 0.3) is 0 Å². The van der Waals surface area contributed by atoms with Gasteiger partial charge in [0.1, 0.15) is 12.4 Å². The SMILES string of the molecule is C[C@H](NC(=O)C[NH+](C)Cc1ccc(F)cc1)c1ccccc1. The van der Waals surface area contributed by atoms with E-state index in [9.17, 15) is 9.18 Å². The van der Waals surface area contributed by atoms with Crippen molar-refractivity contribution >= 4 is 5.91 Å². The third-order valence-corrected chi connectivity index (χ3v) is 3.56. The topological polar surface area (TPSA) is 33.5 Å². The number of quaternary nitrogens is 1. The molecule has 1 amide bonds. The lowest BCUT2D eigenvalue weighted by Gasteiger charge is -2.17. The van der Waals surface area contributed by atoms with Gasteiger partial charge in [0.15, 0.2) is 6.54 Å². The van der Waals surface area contributed by atoms with Crippen LogP contribution in [0.2, 0.25) is 0 Å². The molecule has 0 aliphatic rings. The highest BCUT2D eigenvalue weighted by atomic mass is 19.1. The summed E-state index contributed by atoms with van der Waals surface area (Å²) in [7, 11) is 1.95. The molecular weight excluding hydrogens is 279 g/mol. The van der Waals surface area contributed by atoms with E-state index in [0.29, 0.717) is 13.1 Å². The maximum atomic E-state index is 12.9. The van der Waals surface area contributed by atoms with E-state index in [2.05, 4.69) is 5.32 Å².